The van der Waals surface area contributed by atoms with Crippen molar-refractivity contribution in [1.29, 1.82) is 0 Å². The van der Waals surface area contributed by atoms with Crippen molar-refractivity contribution in [2.45, 2.75) is 0 Å². The molecule has 7 heteroatoms. The first-order valence-corrected chi connectivity index (χ1v) is 5.98. The number of amides is 1. The predicted octanol–water partition coefficient (Wildman–Crippen LogP) is 2.44. The predicted molar refractivity (Wildman–Crippen MR) is 73.8 cm³/mol. The van der Waals surface area contributed by atoms with Gasteiger partial charge in [0.2, 0.25) is 5.91 Å². The number of carboxylic acid groups (broad SMARTS) is 1. The Morgan fingerprint density at radius 2 is 1.86 bits per heavy atom. The number of nitrogens with two attached hydrogens (primary N) is 1. The van der Waals surface area contributed by atoms with Gasteiger partial charge in [-0.15, -0.1) is 0 Å². The van der Waals surface area contributed by atoms with Gasteiger partial charge < -0.3 is 15.6 Å². The van der Waals surface area contributed by atoms with Crippen molar-refractivity contribution in [3.8, 4) is 16.9 Å². The Morgan fingerprint density at radius 1 is 1.23 bits per heavy atom. The Kier molecular flexibility index (Phi) is 3.69. The number of rotatable bonds is 4. The monoisotopic (exact) mass is 308 g/mol. The Hall–Kier alpha value is -2.96. The van der Waals surface area contributed by atoms with E-state index in [-0.39, 0.29) is 11.1 Å². The molecular formula is C15H11F2NO4. The zero-order chi connectivity index (χ0) is 17.3. The number of primary amides is 1. The highest BCUT2D eigenvalue weighted by atomic mass is 19.1. The molecule has 0 unspecified atom stereocenters. The summed E-state index contributed by atoms with van der Waals surface area (Å²) in [6.45, 7) is 0. The third kappa shape index (κ3) is 2.73. The summed E-state index contributed by atoms with van der Waals surface area (Å²) >= 11 is 0. The highest BCUT2D eigenvalue weighted by Crippen LogP contribution is 2.32. The number of ether oxygens (including phenoxy) is 1. The van der Waals surface area contributed by atoms with Crippen molar-refractivity contribution in [2.75, 3.05) is 7.11 Å². The van der Waals surface area contributed by atoms with E-state index in [1.54, 1.807) is 0 Å². The van der Waals surface area contributed by atoms with Crippen LogP contribution in [-0.2, 0) is 0 Å². The number of carbonyl (C=O) groups excluding carboxylic acids is 1. The van der Waals surface area contributed by atoms with Gasteiger partial charge in [0.1, 0.15) is 22.9 Å². The summed E-state index contributed by atoms with van der Waals surface area (Å²) in [6.07, 6.45) is 0. The smallest absolute Gasteiger partial charge is 0.339 e. The van der Waals surface area contributed by atoms with Gasteiger partial charge >= 0.3 is 5.97 Å². The number of halogens is 2. The minimum absolute atomic E-state index is 0.0833. The molecule has 2 aromatic rings. The van der Waals surface area contributed by atoms with Crippen molar-refractivity contribution < 1.29 is 29.6 Å². The molecule has 0 atom stereocenters. The molecule has 1 amide bonds. The number of methoxy groups -OCH3 is 1. The van der Waals surface area contributed by atoms with Gasteiger partial charge in [-0.05, 0) is 24.3 Å². The molecule has 0 heterocycles. The van der Waals surface area contributed by atoms with E-state index in [4.69, 9.17) is 16.9 Å². The van der Waals surface area contributed by atoms with E-state index in [0.29, 0.717) is 0 Å². The molecule has 0 saturated carbocycles. The van der Waals surface area contributed by atoms with Crippen LogP contribution in [0.3, 0.4) is 0 Å². The molecule has 0 aromatic heterocycles. The van der Waals surface area contributed by atoms with Crippen LogP contribution in [0.1, 0.15) is 22.1 Å². The van der Waals surface area contributed by atoms with E-state index in [9.17, 15) is 18.4 Å². The first-order chi connectivity index (χ1) is 10.8. The van der Waals surface area contributed by atoms with Gasteiger partial charge in [0.25, 0.3) is 0 Å². The molecule has 0 radical (unpaired) electrons. The molecule has 2 aromatic carbocycles. The van der Waals surface area contributed by atoms with Gasteiger partial charge in [-0.3, -0.25) is 4.79 Å². The lowest BCUT2D eigenvalue weighted by Gasteiger charge is -2.11. The van der Waals surface area contributed by atoms with Crippen LogP contribution in [0.2, 0.25) is 0 Å². The van der Waals surface area contributed by atoms with Gasteiger partial charge in [0, 0.05) is 22.7 Å². The number of benzene rings is 2. The largest absolute Gasteiger partial charge is 0.496 e. The van der Waals surface area contributed by atoms with Crippen LogP contribution in [0.15, 0.2) is 30.3 Å². The first kappa shape index (κ1) is 14.0. The standard InChI is InChI=1S/C15H11F2NO4/c1-22-13-6-12(17)9(5-10(13)15(20)21)8-4-7(14(18)19)2-3-11(8)16/h2-6H,1H3,(H2,18,19)(H,20,21)/i6D. The lowest BCUT2D eigenvalue weighted by molar-refractivity contribution is 0.0693. The van der Waals surface area contributed by atoms with Crippen molar-refractivity contribution in [2.24, 2.45) is 5.73 Å². The summed E-state index contributed by atoms with van der Waals surface area (Å²) in [7, 11) is 1.09. The third-order valence-electron chi connectivity index (χ3n) is 2.97. The summed E-state index contributed by atoms with van der Waals surface area (Å²) in [4.78, 5) is 22.4. The molecule has 0 aliphatic carbocycles. The molecule has 0 fully saturated rings. The Morgan fingerprint density at radius 3 is 2.41 bits per heavy atom. The molecule has 0 aliphatic heterocycles. The molecule has 0 spiro atoms. The second-order valence-corrected chi connectivity index (χ2v) is 4.31. The lowest BCUT2D eigenvalue weighted by Crippen LogP contribution is -2.11. The second-order valence-electron chi connectivity index (χ2n) is 4.31. The Labute approximate surface area is 125 Å². The van der Waals surface area contributed by atoms with Crippen LogP contribution in [0, 0.1) is 11.6 Å². The fourth-order valence-electron chi connectivity index (χ4n) is 1.91. The first-order valence-electron chi connectivity index (χ1n) is 6.48. The molecule has 5 nitrogen and oxygen atoms in total. The summed E-state index contributed by atoms with van der Waals surface area (Å²) in [5.74, 6) is -4.87. The molecule has 22 heavy (non-hydrogen) atoms. The minimum Gasteiger partial charge on any atom is -0.496 e. The van der Waals surface area contributed by atoms with Crippen molar-refractivity contribution in [1.82, 2.24) is 0 Å². The zero-order valence-electron chi connectivity index (χ0n) is 12.3. The van der Waals surface area contributed by atoms with Gasteiger partial charge in [-0.2, -0.15) is 0 Å². The second kappa shape index (κ2) is 5.80. The van der Waals surface area contributed by atoms with E-state index in [0.717, 1.165) is 31.4 Å². The fourth-order valence-corrected chi connectivity index (χ4v) is 1.91. The quantitative estimate of drug-likeness (QED) is 0.907. The summed E-state index contributed by atoms with van der Waals surface area (Å²) in [5.41, 5.74) is 3.66. The molecule has 0 aliphatic rings. The van der Waals surface area contributed by atoms with Crippen LogP contribution < -0.4 is 10.5 Å². The van der Waals surface area contributed by atoms with E-state index in [2.05, 4.69) is 0 Å². The van der Waals surface area contributed by atoms with Gasteiger partial charge in [-0.25, -0.2) is 13.6 Å². The summed E-state index contributed by atoms with van der Waals surface area (Å²) < 4.78 is 40.7. The van der Waals surface area contributed by atoms with Gasteiger partial charge in [-0.1, -0.05) is 0 Å². The topological polar surface area (TPSA) is 89.6 Å². The molecule has 0 saturated heterocycles. The van der Waals surface area contributed by atoms with Crippen molar-refractivity contribution in [3.63, 3.8) is 0 Å². The number of carbonyl (C=O) groups is 2. The molecule has 3 N–H and O–H groups in total. The number of hydrogen-bond acceptors (Lipinski definition) is 3. The molecule has 2 rings (SSSR count). The number of hydrogen-bond donors (Lipinski definition) is 2. The van der Waals surface area contributed by atoms with Crippen LogP contribution >= 0.6 is 0 Å². The maximum Gasteiger partial charge on any atom is 0.339 e. The molecular weight excluding hydrogens is 296 g/mol. The van der Waals surface area contributed by atoms with Crippen LogP contribution in [0.5, 0.6) is 5.75 Å². The van der Waals surface area contributed by atoms with Crippen LogP contribution in [0.25, 0.3) is 11.1 Å². The summed E-state index contributed by atoms with van der Waals surface area (Å²) in [6, 6.07) is 3.03. The average Bonchev–Trinajstić information content (AvgIpc) is 2.50. The zero-order valence-corrected chi connectivity index (χ0v) is 11.3. The Balaban J connectivity index is 2.81. The molecule has 114 valence electrons. The fraction of sp³-hybridized carbons (Fsp3) is 0.0667. The van der Waals surface area contributed by atoms with E-state index in [1.807, 2.05) is 0 Å². The number of carboxylic acids is 1. The van der Waals surface area contributed by atoms with Crippen molar-refractivity contribution >= 4 is 11.9 Å². The SMILES string of the molecule is [2H]c1c(F)c(-c2cc(C(N)=O)ccc2F)cc(C(=O)O)c1OC. The number of aromatic carboxylic acids is 1. The minimum atomic E-state index is -1.47. The van der Waals surface area contributed by atoms with Gasteiger partial charge in [0.05, 0.1) is 8.48 Å². The maximum absolute atomic E-state index is 14.3. The van der Waals surface area contributed by atoms with E-state index >= 15 is 0 Å². The highest BCUT2D eigenvalue weighted by molar-refractivity contribution is 5.95. The maximum atomic E-state index is 14.3. The van der Waals surface area contributed by atoms with E-state index < -0.39 is 46.4 Å². The Bertz CT molecular complexity index is 824. The van der Waals surface area contributed by atoms with Crippen LogP contribution in [0.4, 0.5) is 8.78 Å². The van der Waals surface area contributed by atoms with Crippen LogP contribution in [-0.4, -0.2) is 24.1 Å². The highest BCUT2D eigenvalue weighted by Gasteiger charge is 2.19. The van der Waals surface area contributed by atoms with E-state index in [1.165, 1.54) is 0 Å². The van der Waals surface area contributed by atoms with Crippen molar-refractivity contribution in [3.05, 3.63) is 53.1 Å². The third-order valence-corrected chi connectivity index (χ3v) is 2.97. The lowest BCUT2D eigenvalue weighted by atomic mass is 9.99. The molecule has 0 bridgehead atoms. The van der Waals surface area contributed by atoms with Gasteiger partial charge in [0.15, 0.2) is 0 Å². The summed E-state index contributed by atoms with van der Waals surface area (Å²) in [5, 5.41) is 9.14. The normalized spacial score (nSPS) is 11.0. The average molecular weight is 308 g/mol.